The third-order valence-electron chi connectivity index (χ3n) is 5.11. The molecule has 0 saturated carbocycles. The summed E-state index contributed by atoms with van der Waals surface area (Å²) in [5.41, 5.74) is 5.70. The van der Waals surface area contributed by atoms with Crippen LogP contribution in [0, 0.1) is 0 Å². The van der Waals surface area contributed by atoms with E-state index in [0.717, 1.165) is 11.4 Å². The molecule has 0 radical (unpaired) electrons. The fraction of sp³-hybridized carbons (Fsp3) is 0.542. The Morgan fingerprint density at radius 1 is 1.11 bits per heavy atom. The van der Waals surface area contributed by atoms with E-state index in [2.05, 4.69) is 10.6 Å². The zero-order valence-electron chi connectivity index (χ0n) is 21.2. The zero-order chi connectivity index (χ0) is 26.5. The van der Waals surface area contributed by atoms with Crippen LogP contribution in [0.2, 0.25) is 0 Å². The number of hydrogen-bond donors (Lipinski definition) is 3. The number of rotatable bonds is 9. The molecule has 0 aliphatic carbocycles. The number of nitrogens with zero attached hydrogens (tertiary/aromatic N) is 2. The fourth-order valence-corrected chi connectivity index (χ4v) is 3.46. The van der Waals surface area contributed by atoms with Crippen LogP contribution >= 0.6 is 0 Å². The molecule has 2 aliphatic rings. The smallest absolute Gasteiger partial charge is 0.262 e. The monoisotopic (exact) mass is 491 g/mol. The minimum atomic E-state index is -1.03. The van der Waals surface area contributed by atoms with Gasteiger partial charge in [0.25, 0.3) is 17.7 Å². The number of imide groups is 2. The molecule has 0 aromatic heterocycles. The number of ether oxygens (including phenoxy) is 1. The Hall–Kier alpha value is -3.31. The predicted octanol–water partition coefficient (Wildman–Crippen LogP) is 0.526. The highest BCUT2D eigenvalue weighted by molar-refractivity contribution is 6.23. The van der Waals surface area contributed by atoms with Crippen molar-refractivity contribution in [3.8, 4) is 5.75 Å². The molecule has 11 heteroatoms. The van der Waals surface area contributed by atoms with Crippen LogP contribution in [0.5, 0.6) is 5.75 Å². The molecular formula is C24H37N5O6. The number of nitrogens with two attached hydrogens (primary N) is 1. The molecule has 1 aromatic carbocycles. The summed E-state index contributed by atoms with van der Waals surface area (Å²) >= 11 is 0. The second-order valence-corrected chi connectivity index (χ2v) is 7.39. The lowest BCUT2D eigenvalue weighted by Gasteiger charge is -2.27. The van der Waals surface area contributed by atoms with Gasteiger partial charge in [-0.3, -0.25) is 34.2 Å². The summed E-state index contributed by atoms with van der Waals surface area (Å²) in [5.74, 6) is -2.41. The van der Waals surface area contributed by atoms with Gasteiger partial charge in [-0.05, 0) is 31.7 Å². The average molecular weight is 492 g/mol. The number of carbonyl (C=O) groups excluding carboxylic acids is 5. The van der Waals surface area contributed by atoms with Crippen molar-refractivity contribution in [2.24, 2.45) is 5.73 Å². The summed E-state index contributed by atoms with van der Waals surface area (Å²) in [7, 11) is 1.90. The lowest BCUT2D eigenvalue weighted by atomic mass is 10.0. The number of piperidine rings is 1. The van der Waals surface area contributed by atoms with Gasteiger partial charge in [-0.15, -0.1) is 0 Å². The van der Waals surface area contributed by atoms with Gasteiger partial charge in [0.15, 0.2) is 6.61 Å². The fourth-order valence-electron chi connectivity index (χ4n) is 3.46. The molecule has 1 fully saturated rings. The van der Waals surface area contributed by atoms with Crippen LogP contribution in [0.25, 0.3) is 0 Å². The van der Waals surface area contributed by atoms with Crippen LogP contribution in [0.3, 0.4) is 0 Å². The van der Waals surface area contributed by atoms with Crippen LogP contribution in [-0.2, 0) is 14.4 Å². The van der Waals surface area contributed by atoms with Crippen molar-refractivity contribution in [1.82, 2.24) is 20.4 Å². The molecule has 2 heterocycles. The Balaban J connectivity index is 0.00000145. The largest absolute Gasteiger partial charge is 0.484 e. The number of fused-ring (bicyclic) bond motifs is 1. The van der Waals surface area contributed by atoms with Crippen molar-refractivity contribution in [2.75, 3.05) is 39.8 Å². The van der Waals surface area contributed by atoms with Gasteiger partial charge in [0, 0.05) is 32.6 Å². The van der Waals surface area contributed by atoms with Crippen LogP contribution in [0.1, 0.15) is 61.3 Å². The first-order chi connectivity index (χ1) is 16.8. The second kappa shape index (κ2) is 14.8. The molecule has 194 valence electrons. The summed E-state index contributed by atoms with van der Waals surface area (Å²) < 4.78 is 5.45. The van der Waals surface area contributed by atoms with Gasteiger partial charge in [0.2, 0.25) is 11.8 Å². The highest BCUT2D eigenvalue weighted by atomic mass is 16.5. The lowest BCUT2D eigenvalue weighted by molar-refractivity contribution is -0.136. The minimum absolute atomic E-state index is 0.0509. The maximum absolute atomic E-state index is 12.8. The standard InChI is InChI=1S/C20H25N5O6.2C2H6/c1-24(8-6-21)9-7-22-17(27)11-31-12-2-3-13-14(10-12)20(30)25(19(13)29)15-4-5-16(26)23-18(15)28;2*1-2/h2-3,10,15H,4-9,11,21H2,1H3,(H,22,27)(H,23,26,28);2*1-2H3. The van der Waals surface area contributed by atoms with Gasteiger partial charge < -0.3 is 20.7 Å². The first-order valence-corrected chi connectivity index (χ1v) is 12.0. The van der Waals surface area contributed by atoms with E-state index in [1.807, 2.05) is 39.6 Å². The molecular weight excluding hydrogens is 454 g/mol. The predicted molar refractivity (Wildman–Crippen MR) is 131 cm³/mol. The van der Waals surface area contributed by atoms with Gasteiger partial charge in [-0.25, -0.2) is 0 Å². The normalized spacial score (nSPS) is 16.5. The second-order valence-electron chi connectivity index (χ2n) is 7.39. The molecule has 4 N–H and O–H groups in total. The summed E-state index contributed by atoms with van der Waals surface area (Å²) in [5, 5.41) is 4.87. The first-order valence-electron chi connectivity index (χ1n) is 12.0. The van der Waals surface area contributed by atoms with Crippen molar-refractivity contribution in [3.05, 3.63) is 29.3 Å². The number of hydrogen-bond acceptors (Lipinski definition) is 8. The average Bonchev–Trinajstić information content (AvgIpc) is 3.10. The van der Waals surface area contributed by atoms with Crippen molar-refractivity contribution < 1.29 is 28.7 Å². The van der Waals surface area contributed by atoms with Gasteiger partial charge in [-0.2, -0.15) is 0 Å². The van der Waals surface area contributed by atoms with Crippen LogP contribution in [0.4, 0.5) is 0 Å². The third kappa shape index (κ3) is 7.86. The maximum atomic E-state index is 12.8. The summed E-state index contributed by atoms with van der Waals surface area (Å²) in [6.07, 6.45) is 0.134. The Kier molecular flexibility index (Phi) is 12.6. The molecule has 35 heavy (non-hydrogen) atoms. The summed E-state index contributed by atoms with van der Waals surface area (Å²) in [6, 6.07) is 3.26. The van der Waals surface area contributed by atoms with E-state index in [1.54, 1.807) is 0 Å². The van der Waals surface area contributed by atoms with E-state index >= 15 is 0 Å². The zero-order valence-corrected chi connectivity index (χ0v) is 21.2. The summed E-state index contributed by atoms with van der Waals surface area (Å²) in [6.45, 7) is 10.1. The van der Waals surface area contributed by atoms with Gasteiger partial charge in [0.1, 0.15) is 11.8 Å². The van der Waals surface area contributed by atoms with Crippen LogP contribution < -0.4 is 21.1 Å². The van der Waals surface area contributed by atoms with Crippen LogP contribution in [0.15, 0.2) is 18.2 Å². The SMILES string of the molecule is CC.CC.CN(CCN)CCNC(=O)COc1ccc2c(c1)C(=O)N(C1CCC(=O)NC1=O)C2=O. The topological polar surface area (TPSA) is 151 Å². The number of likely N-dealkylation sites (N-methyl/N-ethyl adjacent to an activating group) is 1. The first kappa shape index (κ1) is 29.7. The molecule has 0 bridgehead atoms. The highest BCUT2D eigenvalue weighted by Crippen LogP contribution is 2.30. The van der Waals surface area contributed by atoms with Gasteiger partial charge in [-0.1, -0.05) is 27.7 Å². The Morgan fingerprint density at radius 3 is 2.40 bits per heavy atom. The van der Waals surface area contributed by atoms with E-state index in [9.17, 15) is 24.0 Å². The van der Waals surface area contributed by atoms with E-state index in [4.69, 9.17) is 10.5 Å². The Labute approximate surface area is 206 Å². The quantitative estimate of drug-likeness (QED) is 0.423. The molecule has 1 unspecified atom stereocenters. The Morgan fingerprint density at radius 2 is 1.77 bits per heavy atom. The molecule has 1 aromatic rings. The number of amides is 5. The molecule has 3 rings (SSSR count). The van der Waals surface area contributed by atoms with Crippen molar-refractivity contribution in [3.63, 3.8) is 0 Å². The van der Waals surface area contributed by atoms with Crippen LogP contribution in [-0.4, -0.2) is 85.2 Å². The lowest BCUT2D eigenvalue weighted by Crippen LogP contribution is -2.54. The molecule has 0 spiro atoms. The van der Waals surface area contributed by atoms with E-state index in [1.165, 1.54) is 18.2 Å². The van der Waals surface area contributed by atoms with Crippen molar-refractivity contribution in [2.45, 2.75) is 46.6 Å². The molecule has 11 nitrogen and oxygen atoms in total. The number of nitrogens with one attached hydrogen (secondary N) is 2. The third-order valence-corrected chi connectivity index (χ3v) is 5.11. The Bertz CT molecular complexity index is 920. The molecule has 1 saturated heterocycles. The highest BCUT2D eigenvalue weighted by Gasteiger charge is 2.44. The van der Waals surface area contributed by atoms with Crippen molar-refractivity contribution in [1.29, 1.82) is 0 Å². The molecule has 2 aliphatic heterocycles. The summed E-state index contributed by atoms with van der Waals surface area (Å²) in [4.78, 5) is 63.7. The molecule has 5 amide bonds. The minimum Gasteiger partial charge on any atom is -0.484 e. The maximum Gasteiger partial charge on any atom is 0.262 e. The van der Waals surface area contributed by atoms with E-state index < -0.39 is 29.7 Å². The van der Waals surface area contributed by atoms with E-state index in [0.29, 0.717) is 19.6 Å². The number of carbonyl (C=O) groups is 5. The van der Waals surface area contributed by atoms with Gasteiger partial charge >= 0.3 is 0 Å². The van der Waals surface area contributed by atoms with E-state index in [-0.39, 0.29) is 42.2 Å². The molecule has 1 atom stereocenters. The van der Waals surface area contributed by atoms with Gasteiger partial charge in [0.05, 0.1) is 11.1 Å². The van der Waals surface area contributed by atoms with Crippen molar-refractivity contribution >= 4 is 29.5 Å². The number of benzene rings is 1.